The Kier molecular flexibility index (Phi) is 2.82. The Bertz CT molecular complexity index is 127. The van der Waals surface area contributed by atoms with Gasteiger partial charge in [-0.2, -0.15) is 0 Å². The van der Waals surface area contributed by atoms with Crippen LogP contribution in [-0.2, 0) is 4.74 Å². The monoisotopic (exact) mass is 164 g/mol. The average Bonchev–Trinajstić information content (AvgIpc) is 2.01. The summed E-state index contributed by atoms with van der Waals surface area (Å²) in [4.78, 5) is 0. The molecule has 3 heteroatoms. The Morgan fingerprint density at radius 1 is 1.18 bits per heavy atom. The van der Waals surface area contributed by atoms with Crippen molar-refractivity contribution in [2.75, 3.05) is 7.11 Å². The van der Waals surface area contributed by atoms with Crippen molar-refractivity contribution in [1.29, 1.82) is 0 Å². The highest BCUT2D eigenvalue weighted by Gasteiger charge is 2.37. The normalized spacial score (nSPS) is 45.8. The molecule has 0 aromatic rings. The molecule has 0 spiro atoms. The minimum Gasteiger partial charge on any atom is -0.378 e. The molecule has 0 aliphatic heterocycles. The maximum Gasteiger partial charge on any atom is 0.157 e. The summed E-state index contributed by atoms with van der Waals surface area (Å²) < 4.78 is 30.8. The topological polar surface area (TPSA) is 9.23 Å². The number of methoxy groups -OCH3 is 1. The minimum absolute atomic E-state index is 0.156. The van der Waals surface area contributed by atoms with Crippen LogP contribution < -0.4 is 0 Å². The highest BCUT2D eigenvalue weighted by atomic mass is 19.2. The van der Waals surface area contributed by atoms with E-state index in [2.05, 4.69) is 0 Å². The van der Waals surface area contributed by atoms with Crippen molar-refractivity contribution >= 4 is 0 Å². The lowest BCUT2D eigenvalue weighted by Gasteiger charge is -2.31. The van der Waals surface area contributed by atoms with Crippen molar-refractivity contribution in [3.8, 4) is 0 Å². The van der Waals surface area contributed by atoms with E-state index in [0.717, 1.165) is 6.42 Å². The van der Waals surface area contributed by atoms with Crippen molar-refractivity contribution in [2.24, 2.45) is 5.92 Å². The first kappa shape index (κ1) is 8.91. The van der Waals surface area contributed by atoms with Crippen LogP contribution in [0, 0.1) is 5.92 Å². The second kappa shape index (κ2) is 3.48. The molecule has 1 aliphatic carbocycles. The maximum atomic E-state index is 13.0. The fourth-order valence-electron chi connectivity index (χ4n) is 1.51. The van der Waals surface area contributed by atoms with Gasteiger partial charge in [-0.15, -0.1) is 0 Å². The van der Waals surface area contributed by atoms with Crippen LogP contribution in [0.5, 0.6) is 0 Å². The number of halogens is 2. The third-order valence-electron chi connectivity index (χ3n) is 2.41. The third kappa shape index (κ3) is 1.70. The molecule has 0 aromatic heterocycles. The highest BCUT2D eigenvalue weighted by molar-refractivity contribution is 4.86. The van der Waals surface area contributed by atoms with E-state index < -0.39 is 18.4 Å². The number of ether oxygens (including phenoxy) is 1. The summed E-state index contributed by atoms with van der Waals surface area (Å²) in [6.07, 6.45) is -1.93. The van der Waals surface area contributed by atoms with Gasteiger partial charge in [0.15, 0.2) is 6.17 Å². The van der Waals surface area contributed by atoms with Gasteiger partial charge in [0.05, 0.1) is 6.10 Å². The first-order chi connectivity index (χ1) is 5.16. The van der Waals surface area contributed by atoms with Gasteiger partial charge in [0.25, 0.3) is 0 Å². The van der Waals surface area contributed by atoms with Crippen LogP contribution in [0.1, 0.15) is 19.8 Å². The Hall–Kier alpha value is -0.180. The second-order valence-corrected chi connectivity index (χ2v) is 3.22. The zero-order chi connectivity index (χ0) is 8.43. The summed E-state index contributed by atoms with van der Waals surface area (Å²) in [6.45, 7) is 1.74. The quantitative estimate of drug-likeness (QED) is 0.576. The Morgan fingerprint density at radius 2 is 1.82 bits per heavy atom. The van der Waals surface area contributed by atoms with Gasteiger partial charge in [0.1, 0.15) is 6.17 Å². The molecule has 1 rings (SSSR count). The summed E-state index contributed by atoms with van der Waals surface area (Å²) in [5.41, 5.74) is 0. The molecule has 1 fully saturated rings. The molecule has 11 heavy (non-hydrogen) atoms. The molecular weight excluding hydrogens is 150 g/mol. The molecule has 1 saturated carbocycles. The van der Waals surface area contributed by atoms with Crippen LogP contribution in [0.25, 0.3) is 0 Å². The molecule has 0 bridgehead atoms. The van der Waals surface area contributed by atoms with Gasteiger partial charge in [-0.05, 0) is 18.8 Å². The van der Waals surface area contributed by atoms with Gasteiger partial charge in [0, 0.05) is 7.11 Å². The standard InChI is InChI=1S/C8H14F2O/c1-5-3-4-6(11-2)8(10)7(5)9/h5-8H,3-4H2,1-2H3. The van der Waals surface area contributed by atoms with Crippen LogP contribution in [0.2, 0.25) is 0 Å². The lowest BCUT2D eigenvalue weighted by atomic mass is 9.86. The second-order valence-electron chi connectivity index (χ2n) is 3.22. The van der Waals surface area contributed by atoms with Gasteiger partial charge >= 0.3 is 0 Å². The summed E-state index contributed by atoms with van der Waals surface area (Å²) >= 11 is 0. The predicted molar refractivity (Wildman–Crippen MR) is 39.0 cm³/mol. The first-order valence-electron chi connectivity index (χ1n) is 3.97. The average molecular weight is 164 g/mol. The number of alkyl halides is 2. The zero-order valence-electron chi connectivity index (χ0n) is 6.89. The number of rotatable bonds is 1. The van der Waals surface area contributed by atoms with Crippen LogP contribution >= 0.6 is 0 Å². The van der Waals surface area contributed by atoms with Gasteiger partial charge in [0.2, 0.25) is 0 Å². The van der Waals surface area contributed by atoms with E-state index in [9.17, 15) is 8.78 Å². The molecule has 0 heterocycles. The fraction of sp³-hybridized carbons (Fsp3) is 1.00. The van der Waals surface area contributed by atoms with Crippen LogP contribution in [0.15, 0.2) is 0 Å². The van der Waals surface area contributed by atoms with E-state index >= 15 is 0 Å². The summed E-state index contributed by atoms with van der Waals surface area (Å²) in [6, 6.07) is 0. The van der Waals surface area contributed by atoms with Gasteiger partial charge < -0.3 is 4.74 Å². The molecule has 1 nitrogen and oxygen atoms in total. The van der Waals surface area contributed by atoms with Gasteiger partial charge in [-0.1, -0.05) is 6.92 Å². The molecule has 0 N–H and O–H groups in total. The van der Waals surface area contributed by atoms with Crippen molar-refractivity contribution in [3.63, 3.8) is 0 Å². The smallest absolute Gasteiger partial charge is 0.157 e. The summed E-state index contributed by atoms with van der Waals surface area (Å²) in [5.74, 6) is -0.156. The lowest BCUT2D eigenvalue weighted by molar-refractivity contribution is -0.0521. The van der Waals surface area contributed by atoms with E-state index in [4.69, 9.17) is 4.74 Å². The molecule has 1 aliphatic rings. The Labute approximate surface area is 65.7 Å². The minimum atomic E-state index is -1.43. The fourth-order valence-corrected chi connectivity index (χ4v) is 1.51. The van der Waals surface area contributed by atoms with Crippen LogP contribution in [-0.4, -0.2) is 25.6 Å². The number of hydrogen-bond acceptors (Lipinski definition) is 1. The van der Waals surface area contributed by atoms with Gasteiger partial charge in [-0.3, -0.25) is 0 Å². The van der Waals surface area contributed by atoms with Crippen molar-refractivity contribution in [2.45, 2.75) is 38.2 Å². The van der Waals surface area contributed by atoms with Crippen LogP contribution in [0.3, 0.4) is 0 Å². The molecule has 66 valence electrons. The highest BCUT2D eigenvalue weighted by Crippen LogP contribution is 2.30. The van der Waals surface area contributed by atoms with Crippen molar-refractivity contribution in [1.82, 2.24) is 0 Å². The van der Waals surface area contributed by atoms with Gasteiger partial charge in [-0.25, -0.2) is 8.78 Å². The molecule has 4 atom stereocenters. The molecule has 0 amide bonds. The molecule has 4 unspecified atom stereocenters. The maximum absolute atomic E-state index is 13.0. The van der Waals surface area contributed by atoms with Crippen molar-refractivity contribution in [3.05, 3.63) is 0 Å². The zero-order valence-corrected chi connectivity index (χ0v) is 6.89. The van der Waals surface area contributed by atoms with E-state index in [-0.39, 0.29) is 5.92 Å². The number of hydrogen-bond donors (Lipinski definition) is 0. The van der Waals surface area contributed by atoms with E-state index in [1.807, 2.05) is 0 Å². The molecule has 0 radical (unpaired) electrons. The van der Waals surface area contributed by atoms with E-state index in [0.29, 0.717) is 6.42 Å². The Morgan fingerprint density at radius 3 is 2.36 bits per heavy atom. The third-order valence-corrected chi connectivity index (χ3v) is 2.41. The molecule has 0 aromatic carbocycles. The van der Waals surface area contributed by atoms with E-state index in [1.165, 1.54) is 7.11 Å². The molecular formula is C8H14F2O. The summed E-state index contributed by atoms with van der Waals surface area (Å²) in [5, 5.41) is 0. The van der Waals surface area contributed by atoms with Crippen LogP contribution in [0.4, 0.5) is 8.78 Å². The predicted octanol–water partition coefficient (Wildman–Crippen LogP) is 2.11. The Balaban J connectivity index is 2.52. The largest absolute Gasteiger partial charge is 0.378 e. The van der Waals surface area contributed by atoms with E-state index in [1.54, 1.807) is 6.92 Å². The summed E-state index contributed by atoms with van der Waals surface area (Å²) in [7, 11) is 1.43. The molecule has 0 saturated heterocycles. The van der Waals surface area contributed by atoms with Crippen molar-refractivity contribution < 1.29 is 13.5 Å². The SMILES string of the molecule is COC1CCC(C)C(F)C1F. The lowest BCUT2D eigenvalue weighted by Crippen LogP contribution is -2.41. The first-order valence-corrected chi connectivity index (χ1v) is 3.97.